The van der Waals surface area contributed by atoms with Crippen molar-refractivity contribution in [3.05, 3.63) is 29.6 Å². The molecule has 14 heteroatoms. The number of carbonyl (C=O) groups is 5. The van der Waals surface area contributed by atoms with Gasteiger partial charge < -0.3 is 31.5 Å². The van der Waals surface area contributed by atoms with E-state index in [1.807, 2.05) is 45.9 Å². The van der Waals surface area contributed by atoms with Crippen LogP contribution in [0.1, 0.15) is 77.6 Å². The molecule has 0 aliphatic carbocycles. The third-order valence-electron chi connectivity index (χ3n) is 7.60. The standard InChI is InChI=1S/C31H49N5O7S2/c1-5-21(4)27(28(32)40)35-29(41)24(17-20(2)3)34-30(42)31(11-13-43-14-12-31)36-25(37)9-15-44-18-22-7-6-8-23(33-22)19-45-16-10-26(38)39/h6-8,20-21,24,27H,5,9-19H2,1-4H3,(H2,32,40)(H,34,42)(H,35,41)(H,36,37)(H,38,39)/t21-,24-,27-/m0/s1. The quantitative estimate of drug-likeness (QED) is 0.129. The summed E-state index contributed by atoms with van der Waals surface area (Å²) in [4.78, 5) is 67.4. The number of rotatable bonds is 20. The summed E-state index contributed by atoms with van der Waals surface area (Å²) in [5.41, 5.74) is 6.08. The van der Waals surface area contributed by atoms with E-state index in [0.717, 1.165) is 11.4 Å². The highest BCUT2D eigenvalue weighted by atomic mass is 32.2. The van der Waals surface area contributed by atoms with E-state index < -0.39 is 41.3 Å². The van der Waals surface area contributed by atoms with Crippen LogP contribution >= 0.6 is 23.5 Å². The molecular formula is C31H49N5O7S2. The normalized spacial score (nSPS) is 16.3. The van der Waals surface area contributed by atoms with Crippen LogP contribution < -0.4 is 21.7 Å². The zero-order valence-corrected chi connectivity index (χ0v) is 28.4. The maximum atomic E-state index is 13.7. The fourth-order valence-electron chi connectivity index (χ4n) is 4.81. The number of aromatic nitrogens is 1. The van der Waals surface area contributed by atoms with Crippen molar-refractivity contribution in [1.82, 2.24) is 20.9 Å². The van der Waals surface area contributed by atoms with Gasteiger partial charge in [0.05, 0.1) is 17.8 Å². The topological polar surface area (TPSA) is 190 Å². The summed E-state index contributed by atoms with van der Waals surface area (Å²) in [6, 6.07) is 3.97. The Kier molecular flexibility index (Phi) is 16.7. The van der Waals surface area contributed by atoms with Crippen molar-refractivity contribution >= 4 is 53.1 Å². The Morgan fingerprint density at radius 3 is 2.13 bits per heavy atom. The number of nitrogens with two attached hydrogens (primary N) is 1. The van der Waals surface area contributed by atoms with Gasteiger partial charge in [0.1, 0.15) is 17.6 Å². The molecule has 1 aliphatic rings. The van der Waals surface area contributed by atoms with Gasteiger partial charge in [0, 0.05) is 55.5 Å². The van der Waals surface area contributed by atoms with E-state index in [9.17, 15) is 24.0 Å². The number of hydrogen-bond donors (Lipinski definition) is 5. The molecule has 1 fully saturated rings. The predicted octanol–water partition coefficient (Wildman–Crippen LogP) is 2.63. The van der Waals surface area contributed by atoms with Gasteiger partial charge in [-0.15, -0.1) is 0 Å². The number of carboxylic acid groups (broad SMARTS) is 1. The second-order valence-corrected chi connectivity index (χ2v) is 14.0. The zero-order valence-electron chi connectivity index (χ0n) is 26.8. The highest BCUT2D eigenvalue weighted by Gasteiger charge is 2.43. The Morgan fingerprint density at radius 2 is 1.60 bits per heavy atom. The van der Waals surface area contributed by atoms with Crippen LogP contribution in [-0.4, -0.2) is 82.0 Å². The first kappa shape index (κ1) is 38.3. The van der Waals surface area contributed by atoms with Gasteiger partial charge in [0.15, 0.2) is 0 Å². The minimum absolute atomic E-state index is 0.0693. The number of ether oxygens (including phenoxy) is 1. The van der Waals surface area contributed by atoms with Crippen molar-refractivity contribution in [3.63, 3.8) is 0 Å². The lowest BCUT2D eigenvalue weighted by atomic mass is 9.87. The molecule has 6 N–H and O–H groups in total. The SMILES string of the molecule is CC[C@H](C)[C@H](NC(=O)[C@H](CC(C)C)NC(=O)C1(NC(=O)CCSCc2cccc(CSCCC(=O)O)n2)CCOCC1)C(N)=O. The summed E-state index contributed by atoms with van der Waals surface area (Å²) in [7, 11) is 0. The number of thioether (sulfide) groups is 2. The van der Waals surface area contributed by atoms with Gasteiger partial charge in [0.25, 0.3) is 0 Å². The molecule has 12 nitrogen and oxygen atoms in total. The number of nitrogens with zero attached hydrogens (tertiary/aromatic N) is 1. The van der Waals surface area contributed by atoms with Crippen molar-refractivity contribution < 1.29 is 33.8 Å². The van der Waals surface area contributed by atoms with Crippen LogP contribution in [0.15, 0.2) is 18.2 Å². The molecule has 0 spiro atoms. The zero-order chi connectivity index (χ0) is 33.4. The maximum Gasteiger partial charge on any atom is 0.304 e. The minimum Gasteiger partial charge on any atom is -0.481 e. The third-order valence-corrected chi connectivity index (χ3v) is 9.59. The first-order valence-electron chi connectivity index (χ1n) is 15.5. The summed E-state index contributed by atoms with van der Waals surface area (Å²) >= 11 is 3.08. The van der Waals surface area contributed by atoms with E-state index >= 15 is 0 Å². The van der Waals surface area contributed by atoms with Crippen LogP contribution in [0, 0.1) is 11.8 Å². The van der Waals surface area contributed by atoms with Crippen molar-refractivity contribution in [2.75, 3.05) is 24.7 Å². The van der Waals surface area contributed by atoms with Gasteiger partial charge in [-0.1, -0.05) is 40.2 Å². The smallest absolute Gasteiger partial charge is 0.304 e. The van der Waals surface area contributed by atoms with Gasteiger partial charge in [-0.3, -0.25) is 29.0 Å². The van der Waals surface area contributed by atoms with Crippen molar-refractivity contribution in [3.8, 4) is 0 Å². The Morgan fingerprint density at radius 1 is 1.00 bits per heavy atom. The Bertz CT molecular complexity index is 1150. The molecule has 1 aromatic heterocycles. The fourth-order valence-corrected chi connectivity index (χ4v) is 6.49. The number of aliphatic carboxylic acids is 1. The number of hydrogen-bond acceptors (Lipinski definition) is 9. The number of pyridine rings is 1. The largest absolute Gasteiger partial charge is 0.481 e. The van der Waals surface area contributed by atoms with Crippen LogP contribution in [0.5, 0.6) is 0 Å². The van der Waals surface area contributed by atoms with Crippen LogP contribution in [0.4, 0.5) is 0 Å². The number of primary amides is 1. The van der Waals surface area contributed by atoms with E-state index in [4.69, 9.17) is 15.6 Å². The molecule has 2 heterocycles. The molecule has 252 valence electrons. The number of carboxylic acids is 1. The summed E-state index contributed by atoms with van der Waals surface area (Å²) in [5, 5.41) is 17.3. The van der Waals surface area contributed by atoms with Crippen LogP contribution in [-0.2, 0) is 40.2 Å². The molecule has 0 saturated carbocycles. The molecule has 2 rings (SSSR count). The number of nitrogens with one attached hydrogen (secondary N) is 3. The monoisotopic (exact) mass is 667 g/mol. The molecule has 1 saturated heterocycles. The lowest BCUT2D eigenvalue weighted by Gasteiger charge is -2.38. The first-order chi connectivity index (χ1) is 21.4. The maximum absolute atomic E-state index is 13.7. The molecule has 0 radical (unpaired) electrons. The minimum atomic E-state index is -1.22. The molecule has 4 amide bonds. The lowest BCUT2D eigenvalue weighted by molar-refractivity contribution is -0.140. The molecule has 0 aromatic carbocycles. The molecule has 3 atom stereocenters. The molecule has 1 aliphatic heterocycles. The lowest BCUT2D eigenvalue weighted by Crippen LogP contribution is -2.64. The second kappa shape index (κ2) is 19.6. The average Bonchev–Trinajstić information content (AvgIpc) is 2.99. The van der Waals surface area contributed by atoms with Gasteiger partial charge in [-0.25, -0.2) is 0 Å². The van der Waals surface area contributed by atoms with E-state index in [2.05, 4.69) is 20.9 Å². The van der Waals surface area contributed by atoms with Gasteiger partial charge in [-0.05, 0) is 30.4 Å². The third kappa shape index (κ3) is 13.6. The Labute approximate surface area is 274 Å². The summed E-state index contributed by atoms with van der Waals surface area (Å²) in [6.45, 7) is 8.18. The number of amides is 4. The highest BCUT2D eigenvalue weighted by molar-refractivity contribution is 7.98. The molecule has 0 bridgehead atoms. The van der Waals surface area contributed by atoms with Gasteiger partial charge in [-0.2, -0.15) is 23.5 Å². The molecular weight excluding hydrogens is 619 g/mol. The highest BCUT2D eigenvalue weighted by Crippen LogP contribution is 2.23. The summed E-state index contributed by atoms with van der Waals surface area (Å²) in [5.74, 6) is -0.478. The van der Waals surface area contributed by atoms with Gasteiger partial charge >= 0.3 is 5.97 Å². The molecule has 0 unspecified atom stereocenters. The molecule has 45 heavy (non-hydrogen) atoms. The first-order valence-corrected chi connectivity index (χ1v) is 17.8. The van der Waals surface area contributed by atoms with Crippen LogP contribution in [0.3, 0.4) is 0 Å². The predicted molar refractivity (Wildman–Crippen MR) is 176 cm³/mol. The summed E-state index contributed by atoms with van der Waals surface area (Å²) in [6.07, 6.45) is 1.83. The van der Waals surface area contributed by atoms with Crippen LogP contribution in [0.25, 0.3) is 0 Å². The van der Waals surface area contributed by atoms with Crippen molar-refractivity contribution in [2.24, 2.45) is 17.6 Å². The fraction of sp³-hybridized carbons (Fsp3) is 0.677. The second-order valence-electron chi connectivity index (χ2n) is 11.8. The van der Waals surface area contributed by atoms with Crippen molar-refractivity contribution in [2.45, 2.75) is 95.3 Å². The average molecular weight is 668 g/mol. The van der Waals surface area contributed by atoms with E-state index in [0.29, 0.717) is 35.9 Å². The summed E-state index contributed by atoms with van der Waals surface area (Å²) < 4.78 is 5.49. The van der Waals surface area contributed by atoms with E-state index in [1.54, 1.807) is 11.8 Å². The van der Waals surface area contributed by atoms with E-state index in [1.165, 1.54) is 11.8 Å². The van der Waals surface area contributed by atoms with E-state index in [-0.39, 0.29) is 56.6 Å². The Balaban J connectivity index is 1.97. The number of carbonyl (C=O) groups excluding carboxylic acids is 4. The van der Waals surface area contributed by atoms with Crippen molar-refractivity contribution in [1.29, 1.82) is 0 Å². The molecule has 1 aromatic rings. The van der Waals surface area contributed by atoms with Crippen LogP contribution in [0.2, 0.25) is 0 Å². The van der Waals surface area contributed by atoms with Gasteiger partial charge in [0.2, 0.25) is 23.6 Å². The Hall–Kier alpha value is -2.84.